The topological polar surface area (TPSA) is 37.6 Å². The van der Waals surface area contributed by atoms with Gasteiger partial charge >= 0.3 is 0 Å². The molecular formula is C16H30N2O2. The van der Waals surface area contributed by atoms with E-state index in [-0.39, 0.29) is 0 Å². The van der Waals surface area contributed by atoms with Crippen LogP contribution in [0.3, 0.4) is 0 Å². The van der Waals surface area contributed by atoms with E-state index in [9.17, 15) is 0 Å². The van der Waals surface area contributed by atoms with E-state index in [1.165, 1.54) is 0 Å². The molecule has 0 unspecified atom stereocenters. The van der Waals surface area contributed by atoms with E-state index >= 15 is 0 Å². The van der Waals surface area contributed by atoms with E-state index in [1.54, 1.807) is 7.11 Å². The number of ether oxygens (including phenoxy) is 1. The van der Waals surface area contributed by atoms with Crippen molar-refractivity contribution in [3.63, 3.8) is 0 Å². The van der Waals surface area contributed by atoms with Crippen LogP contribution in [-0.4, -0.2) is 37.7 Å². The number of hydrogen-bond donors (Lipinski definition) is 1. The van der Waals surface area contributed by atoms with Crippen LogP contribution in [0.1, 0.15) is 39.2 Å². The molecule has 1 N–H and O–H groups in total. The standard InChI is InChI=1S/C16H30N2O2/c1-13(2)10-17-11-15-6-7-16(20-15)12-18(14(3)4)8-9-19-5/h6-7,13-14,17H,8-12H2,1-5H3. The van der Waals surface area contributed by atoms with E-state index in [1.807, 2.05) is 0 Å². The highest BCUT2D eigenvalue weighted by Gasteiger charge is 2.12. The molecule has 0 aliphatic carbocycles. The van der Waals surface area contributed by atoms with E-state index in [0.717, 1.165) is 44.3 Å². The second-order valence-electron chi connectivity index (χ2n) is 5.95. The molecule has 0 saturated heterocycles. The maximum atomic E-state index is 5.88. The molecule has 0 bridgehead atoms. The predicted molar refractivity (Wildman–Crippen MR) is 82.7 cm³/mol. The van der Waals surface area contributed by atoms with Crippen molar-refractivity contribution in [2.24, 2.45) is 5.92 Å². The molecule has 20 heavy (non-hydrogen) atoms. The van der Waals surface area contributed by atoms with Gasteiger partial charge in [-0.05, 0) is 38.4 Å². The fraction of sp³-hybridized carbons (Fsp3) is 0.750. The Morgan fingerprint density at radius 2 is 1.90 bits per heavy atom. The normalized spacial score (nSPS) is 12.0. The Hall–Kier alpha value is -0.840. The van der Waals surface area contributed by atoms with Gasteiger partial charge in [-0.2, -0.15) is 0 Å². The predicted octanol–water partition coefficient (Wildman–Crippen LogP) is 2.88. The largest absolute Gasteiger partial charge is 0.463 e. The highest BCUT2D eigenvalue weighted by Crippen LogP contribution is 2.12. The zero-order valence-electron chi connectivity index (χ0n) is 13.6. The van der Waals surface area contributed by atoms with Crippen molar-refractivity contribution in [3.05, 3.63) is 23.7 Å². The minimum Gasteiger partial charge on any atom is -0.463 e. The number of furan rings is 1. The molecule has 4 nitrogen and oxygen atoms in total. The monoisotopic (exact) mass is 282 g/mol. The second-order valence-corrected chi connectivity index (χ2v) is 5.95. The zero-order chi connectivity index (χ0) is 15.0. The summed E-state index contributed by atoms with van der Waals surface area (Å²) in [5.74, 6) is 2.70. The third-order valence-corrected chi connectivity index (χ3v) is 3.24. The fourth-order valence-corrected chi connectivity index (χ4v) is 2.01. The van der Waals surface area contributed by atoms with E-state index in [4.69, 9.17) is 9.15 Å². The lowest BCUT2D eigenvalue weighted by Gasteiger charge is -2.24. The molecule has 0 aliphatic rings. The first-order valence-electron chi connectivity index (χ1n) is 7.54. The Morgan fingerprint density at radius 1 is 1.20 bits per heavy atom. The molecule has 116 valence electrons. The van der Waals surface area contributed by atoms with Crippen molar-refractivity contribution in [3.8, 4) is 0 Å². The first-order chi connectivity index (χ1) is 9.52. The van der Waals surface area contributed by atoms with Gasteiger partial charge in [0.2, 0.25) is 0 Å². The zero-order valence-corrected chi connectivity index (χ0v) is 13.6. The van der Waals surface area contributed by atoms with Gasteiger partial charge in [0, 0.05) is 19.7 Å². The summed E-state index contributed by atoms with van der Waals surface area (Å²) in [6.07, 6.45) is 0. The van der Waals surface area contributed by atoms with Crippen LogP contribution in [0, 0.1) is 5.92 Å². The molecule has 0 aromatic carbocycles. The lowest BCUT2D eigenvalue weighted by molar-refractivity contribution is 0.119. The van der Waals surface area contributed by atoms with E-state index < -0.39 is 0 Å². The van der Waals surface area contributed by atoms with Crippen molar-refractivity contribution in [1.82, 2.24) is 10.2 Å². The molecular weight excluding hydrogens is 252 g/mol. The summed E-state index contributed by atoms with van der Waals surface area (Å²) in [5.41, 5.74) is 0. The molecule has 0 fully saturated rings. The fourth-order valence-electron chi connectivity index (χ4n) is 2.01. The molecule has 0 radical (unpaired) electrons. The highest BCUT2D eigenvalue weighted by atomic mass is 16.5. The molecule has 4 heteroatoms. The first-order valence-corrected chi connectivity index (χ1v) is 7.54. The number of nitrogens with one attached hydrogen (secondary N) is 1. The van der Waals surface area contributed by atoms with Gasteiger partial charge in [-0.1, -0.05) is 13.8 Å². The SMILES string of the molecule is COCCN(Cc1ccc(CNCC(C)C)o1)C(C)C. The highest BCUT2D eigenvalue weighted by molar-refractivity contribution is 5.07. The average Bonchev–Trinajstić information content (AvgIpc) is 2.81. The molecule has 1 heterocycles. The molecule has 1 rings (SSSR count). The summed E-state index contributed by atoms with van der Waals surface area (Å²) < 4.78 is 11.0. The summed E-state index contributed by atoms with van der Waals surface area (Å²) in [7, 11) is 1.74. The Kier molecular flexibility index (Phi) is 7.88. The molecule has 0 aliphatic heterocycles. The van der Waals surface area contributed by atoms with Gasteiger partial charge < -0.3 is 14.5 Å². The number of rotatable bonds is 10. The van der Waals surface area contributed by atoms with Crippen molar-refractivity contribution in [1.29, 1.82) is 0 Å². The minimum atomic E-state index is 0.484. The molecule has 0 atom stereocenters. The third kappa shape index (κ3) is 6.55. The van der Waals surface area contributed by atoms with Gasteiger partial charge in [-0.25, -0.2) is 0 Å². The van der Waals surface area contributed by atoms with Crippen LogP contribution in [0.4, 0.5) is 0 Å². The summed E-state index contributed by atoms with van der Waals surface area (Å²) >= 11 is 0. The Labute approximate surface area is 123 Å². The molecule has 0 spiro atoms. The average molecular weight is 282 g/mol. The van der Waals surface area contributed by atoms with Gasteiger partial charge in [0.25, 0.3) is 0 Å². The molecule has 1 aromatic rings. The number of hydrogen-bond acceptors (Lipinski definition) is 4. The van der Waals surface area contributed by atoms with E-state index in [0.29, 0.717) is 12.0 Å². The summed E-state index contributed by atoms with van der Waals surface area (Å²) in [6.45, 7) is 13.1. The second kappa shape index (κ2) is 9.16. The van der Waals surface area contributed by atoms with Gasteiger partial charge in [0.05, 0.1) is 19.7 Å². The summed E-state index contributed by atoms with van der Waals surface area (Å²) in [4.78, 5) is 2.35. The number of methoxy groups -OCH3 is 1. The Balaban J connectivity index is 2.44. The van der Waals surface area contributed by atoms with Crippen molar-refractivity contribution < 1.29 is 9.15 Å². The lowest BCUT2D eigenvalue weighted by Crippen LogP contribution is -2.33. The maximum Gasteiger partial charge on any atom is 0.118 e. The van der Waals surface area contributed by atoms with Gasteiger partial charge in [-0.15, -0.1) is 0 Å². The maximum absolute atomic E-state index is 5.88. The van der Waals surface area contributed by atoms with Crippen molar-refractivity contribution in [2.75, 3.05) is 26.8 Å². The van der Waals surface area contributed by atoms with E-state index in [2.05, 4.69) is 50.0 Å². The Morgan fingerprint density at radius 3 is 2.50 bits per heavy atom. The van der Waals surface area contributed by atoms with Gasteiger partial charge in [0.15, 0.2) is 0 Å². The van der Waals surface area contributed by atoms with Gasteiger partial charge in [-0.3, -0.25) is 4.90 Å². The van der Waals surface area contributed by atoms with Crippen LogP contribution in [0.15, 0.2) is 16.5 Å². The quantitative estimate of drug-likeness (QED) is 0.716. The summed E-state index contributed by atoms with van der Waals surface area (Å²) in [5, 5.41) is 3.40. The summed E-state index contributed by atoms with van der Waals surface area (Å²) in [6, 6.07) is 4.63. The van der Waals surface area contributed by atoms with Crippen LogP contribution in [0.2, 0.25) is 0 Å². The van der Waals surface area contributed by atoms with Crippen LogP contribution >= 0.6 is 0 Å². The number of nitrogens with zero attached hydrogens (tertiary/aromatic N) is 1. The van der Waals surface area contributed by atoms with Crippen LogP contribution in [0.25, 0.3) is 0 Å². The van der Waals surface area contributed by atoms with Crippen LogP contribution < -0.4 is 5.32 Å². The van der Waals surface area contributed by atoms with Crippen molar-refractivity contribution >= 4 is 0 Å². The minimum absolute atomic E-state index is 0.484. The smallest absolute Gasteiger partial charge is 0.118 e. The first kappa shape index (κ1) is 17.2. The van der Waals surface area contributed by atoms with Gasteiger partial charge in [0.1, 0.15) is 11.5 Å². The molecule has 1 aromatic heterocycles. The Bertz CT molecular complexity index is 361. The molecule has 0 saturated carbocycles. The lowest BCUT2D eigenvalue weighted by atomic mass is 10.2. The third-order valence-electron chi connectivity index (χ3n) is 3.24. The van der Waals surface area contributed by atoms with Crippen LogP contribution in [0.5, 0.6) is 0 Å². The van der Waals surface area contributed by atoms with Crippen LogP contribution in [-0.2, 0) is 17.8 Å². The molecule has 0 amide bonds. The van der Waals surface area contributed by atoms with Crippen molar-refractivity contribution in [2.45, 2.75) is 46.8 Å².